The van der Waals surface area contributed by atoms with Crippen molar-refractivity contribution in [3.8, 4) is 0 Å². The lowest BCUT2D eigenvalue weighted by molar-refractivity contribution is 0.0695. The number of aromatic carboxylic acids is 1. The predicted octanol–water partition coefficient (Wildman–Crippen LogP) is 2.27. The van der Waals surface area contributed by atoms with Gasteiger partial charge in [0.05, 0.1) is 11.2 Å². The molecule has 142 valence electrons. The summed E-state index contributed by atoms with van der Waals surface area (Å²) in [5.74, 6) is -1.32. The second kappa shape index (κ2) is 5.79. The first-order chi connectivity index (χ1) is 13.0. The van der Waals surface area contributed by atoms with Gasteiger partial charge in [-0.15, -0.1) is 0 Å². The maximum absolute atomic E-state index is 15.2. The van der Waals surface area contributed by atoms with Gasteiger partial charge < -0.3 is 20.3 Å². The molecule has 2 fully saturated rings. The molecule has 0 amide bonds. The molecule has 0 unspecified atom stereocenters. The van der Waals surface area contributed by atoms with Crippen molar-refractivity contribution in [1.29, 1.82) is 0 Å². The summed E-state index contributed by atoms with van der Waals surface area (Å²) in [5, 5.41) is 9.60. The van der Waals surface area contributed by atoms with E-state index in [0.717, 1.165) is 43.3 Å². The Balaban J connectivity index is 1.81. The van der Waals surface area contributed by atoms with Gasteiger partial charge in [-0.3, -0.25) is 4.79 Å². The average Bonchev–Trinajstić information content (AvgIpc) is 3.40. The summed E-state index contributed by atoms with van der Waals surface area (Å²) in [7, 11) is 0. The monoisotopic (exact) mass is 371 g/mol. The number of benzene rings is 1. The maximum atomic E-state index is 15.2. The van der Waals surface area contributed by atoms with Gasteiger partial charge in [0.25, 0.3) is 0 Å². The number of hydrogen-bond acceptors (Lipinski definition) is 4. The minimum atomic E-state index is -1.26. The molecular weight excluding hydrogens is 349 g/mol. The lowest BCUT2D eigenvalue weighted by atomic mass is 9.88. The SMILES string of the molecule is NC[C@@H]1CCN2c3c(F)cc4c(=O)c(C(=O)O)cn(C5CC5)c4c3CC[C@H]12. The van der Waals surface area contributed by atoms with Crippen molar-refractivity contribution in [2.24, 2.45) is 11.7 Å². The summed E-state index contributed by atoms with van der Waals surface area (Å²) in [6.07, 6.45) is 5.87. The minimum Gasteiger partial charge on any atom is -0.477 e. The van der Waals surface area contributed by atoms with E-state index in [1.165, 1.54) is 12.3 Å². The van der Waals surface area contributed by atoms with Crippen LogP contribution in [0.1, 0.15) is 47.6 Å². The van der Waals surface area contributed by atoms with Crippen LogP contribution in [0.15, 0.2) is 17.1 Å². The van der Waals surface area contributed by atoms with Crippen LogP contribution in [-0.2, 0) is 6.42 Å². The number of anilines is 1. The number of aryl methyl sites for hydroxylation is 1. The number of pyridine rings is 1. The number of rotatable bonds is 3. The van der Waals surface area contributed by atoms with Gasteiger partial charge in [0, 0.05) is 35.8 Å². The topological polar surface area (TPSA) is 88.6 Å². The van der Waals surface area contributed by atoms with Crippen molar-refractivity contribution in [2.45, 2.75) is 44.2 Å². The molecule has 3 N–H and O–H groups in total. The third-order valence-corrected chi connectivity index (χ3v) is 6.48. The van der Waals surface area contributed by atoms with Crippen molar-refractivity contribution in [2.75, 3.05) is 18.0 Å². The molecule has 1 aliphatic carbocycles. The van der Waals surface area contributed by atoms with Crippen LogP contribution in [0.4, 0.5) is 10.1 Å². The zero-order valence-electron chi connectivity index (χ0n) is 14.9. The van der Waals surface area contributed by atoms with Crippen LogP contribution < -0.4 is 16.1 Å². The van der Waals surface area contributed by atoms with Crippen LogP contribution in [0.5, 0.6) is 0 Å². The molecule has 1 aromatic carbocycles. The van der Waals surface area contributed by atoms with Gasteiger partial charge in [0.2, 0.25) is 5.43 Å². The smallest absolute Gasteiger partial charge is 0.341 e. The van der Waals surface area contributed by atoms with Gasteiger partial charge in [-0.05, 0) is 50.6 Å². The first-order valence-corrected chi connectivity index (χ1v) is 9.61. The van der Waals surface area contributed by atoms with Gasteiger partial charge in [0.15, 0.2) is 0 Å². The molecule has 1 saturated carbocycles. The molecule has 0 spiro atoms. The Morgan fingerprint density at radius 1 is 1.30 bits per heavy atom. The summed E-state index contributed by atoms with van der Waals surface area (Å²) < 4.78 is 17.1. The van der Waals surface area contributed by atoms with E-state index in [9.17, 15) is 14.7 Å². The standard InChI is InChI=1S/C20H22FN3O3/c21-15-7-13-17(24(11-1-2-11)9-14(19(13)25)20(26)27)12-3-4-16-10(8-22)5-6-23(16)18(12)15/h7,9-11,16H,1-6,8,22H2,(H,26,27)/t10-,16+/m0/s1. The Bertz CT molecular complexity index is 1030. The first-order valence-electron chi connectivity index (χ1n) is 9.61. The highest BCUT2D eigenvalue weighted by Gasteiger charge is 2.40. The molecule has 3 heterocycles. The molecule has 2 aromatic rings. The number of carboxylic acids is 1. The highest BCUT2D eigenvalue weighted by molar-refractivity contribution is 5.95. The van der Waals surface area contributed by atoms with E-state index in [2.05, 4.69) is 4.90 Å². The molecule has 1 saturated heterocycles. The van der Waals surface area contributed by atoms with Crippen molar-refractivity contribution in [3.63, 3.8) is 0 Å². The molecular formula is C20H22FN3O3. The second-order valence-electron chi connectivity index (χ2n) is 7.98. The van der Waals surface area contributed by atoms with Crippen molar-refractivity contribution >= 4 is 22.6 Å². The second-order valence-corrected chi connectivity index (χ2v) is 7.98. The molecule has 2 aliphatic heterocycles. The quantitative estimate of drug-likeness (QED) is 0.864. The molecule has 5 rings (SSSR count). The lowest BCUT2D eigenvalue weighted by Crippen LogP contribution is -2.40. The Morgan fingerprint density at radius 2 is 2.07 bits per heavy atom. The third-order valence-electron chi connectivity index (χ3n) is 6.48. The van der Waals surface area contributed by atoms with Gasteiger partial charge in [-0.2, -0.15) is 0 Å². The first kappa shape index (κ1) is 16.7. The van der Waals surface area contributed by atoms with Gasteiger partial charge in [0.1, 0.15) is 11.4 Å². The fraction of sp³-hybridized carbons (Fsp3) is 0.500. The fourth-order valence-corrected chi connectivity index (χ4v) is 5.05. The number of aromatic nitrogens is 1. The fourth-order valence-electron chi connectivity index (χ4n) is 5.05. The summed E-state index contributed by atoms with van der Waals surface area (Å²) in [4.78, 5) is 26.4. The Morgan fingerprint density at radius 3 is 2.74 bits per heavy atom. The van der Waals surface area contributed by atoms with Crippen LogP contribution in [0.25, 0.3) is 10.9 Å². The van der Waals surface area contributed by atoms with Gasteiger partial charge in [-0.1, -0.05) is 0 Å². The Kier molecular flexibility index (Phi) is 3.59. The van der Waals surface area contributed by atoms with E-state index in [4.69, 9.17) is 5.73 Å². The maximum Gasteiger partial charge on any atom is 0.341 e. The molecule has 1 aromatic heterocycles. The average molecular weight is 371 g/mol. The van der Waals surface area contributed by atoms with Crippen LogP contribution >= 0.6 is 0 Å². The number of halogens is 1. The van der Waals surface area contributed by atoms with E-state index in [1.807, 2.05) is 4.57 Å². The summed E-state index contributed by atoms with van der Waals surface area (Å²) in [6, 6.07) is 1.68. The van der Waals surface area contributed by atoms with Crippen molar-refractivity contribution < 1.29 is 14.3 Å². The lowest BCUT2D eigenvalue weighted by Gasteiger charge is -2.37. The van der Waals surface area contributed by atoms with Crippen LogP contribution in [-0.4, -0.2) is 34.8 Å². The minimum absolute atomic E-state index is 0.186. The number of nitrogens with two attached hydrogens (primary N) is 1. The molecule has 27 heavy (non-hydrogen) atoms. The van der Waals surface area contributed by atoms with E-state index < -0.39 is 17.2 Å². The summed E-state index contributed by atoms with van der Waals surface area (Å²) in [5.41, 5.74) is 7.18. The van der Waals surface area contributed by atoms with Crippen molar-refractivity contribution in [3.05, 3.63) is 39.4 Å². The number of carboxylic acid groups (broad SMARTS) is 1. The molecule has 0 radical (unpaired) electrons. The van der Waals surface area contributed by atoms with Gasteiger partial charge in [-0.25, -0.2) is 9.18 Å². The van der Waals surface area contributed by atoms with E-state index in [0.29, 0.717) is 24.6 Å². The van der Waals surface area contributed by atoms with Crippen molar-refractivity contribution in [1.82, 2.24) is 4.57 Å². The highest BCUT2D eigenvalue weighted by Crippen LogP contribution is 2.45. The Labute approximate surface area is 155 Å². The zero-order chi connectivity index (χ0) is 18.9. The van der Waals surface area contributed by atoms with E-state index >= 15 is 4.39 Å². The number of carbonyl (C=O) groups is 1. The van der Waals surface area contributed by atoms with Crippen LogP contribution in [0.2, 0.25) is 0 Å². The largest absolute Gasteiger partial charge is 0.477 e. The predicted molar refractivity (Wildman–Crippen MR) is 100 cm³/mol. The summed E-state index contributed by atoms with van der Waals surface area (Å²) >= 11 is 0. The zero-order valence-corrected chi connectivity index (χ0v) is 14.9. The Hall–Kier alpha value is -2.41. The molecule has 0 bridgehead atoms. The number of nitrogens with zero attached hydrogens (tertiary/aromatic N) is 2. The number of hydrogen-bond donors (Lipinski definition) is 2. The van der Waals surface area contributed by atoms with E-state index in [1.54, 1.807) is 0 Å². The molecule has 2 atom stereocenters. The summed E-state index contributed by atoms with van der Waals surface area (Å²) in [6.45, 7) is 1.36. The van der Waals surface area contributed by atoms with Crippen LogP contribution in [0.3, 0.4) is 0 Å². The highest BCUT2D eigenvalue weighted by atomic mass is 19.1. The molecule has 6 nitrogen and oxygen atoms in total. The van der Waals surface area contributed by atoms with E-state index in [-0.39, 0.29) is 23.0 Å². The number of fused-ring (bicyclic) bond motifs is 5. The van der Waals surface area contributed by atoms with Crippen LogP contribution in [0, 0.1) is 11.7 Å². The van der Waals surface area contributed by atoms with Gasteiger partial charge >= 0.3 is 5.97 Å². The third kappa shape index (κ3) is 2.34. The molecule has 7 heteroatoms. The normalized spacial score (nSPS) is 24.1. The molecule has 3 aliphatic rings.